The maximum absolute atomic E-state index is 11.0. The van der Waals surface area contributed by atoms with Crippen LogP contribution in [-0.4, -0.2) is 18.2 Å². The van der Waals surface area contributed by atoms with Crippen LogP contribution in [0.15, 0.2) is 22.6 Å². The minimum atomic E-state index is -1.13. The zero-order chi connectivity index (χ0) is 11.7. The molecule has 16 heavy (non-hydrogen) atoms. The van der Waals surface area contributed by atoms with E-state index in [1.807, 2.05) is 0 Å². The maximum Gasteiger partial charge on any atom is 0.372 e. The molecular weight excluding hydrogens is 232 g/mol. The second kappa shape index (κ2) is 4.15. The molecule has 0 aliphatic carbocycles. The van der Waals surface area contributed by atoms with E-state index in [9.17, 15) is 4.79 Å². The van der Waals surface area contributed by atoms with Gasteiger partial charge in [0.2, 0.25) is 5.76 Å². The Morgan fingerprint density at radius 3 is 2.94 bits per heavy atom. The van der Waals surface area contributed by atoms with Gasteiger partial charge in [0.25, 0.3) is 0 Å². The van der Waals surface area contributed by atoms with Crippen LogP contribution in [0, 0.1) is 0 Å². The van der Waals surface area contributed by atoms with Crippen molar-refractivity contribution in [2.45, 2.75) is 6.61 Å². The minimum Gasteiger partial charge on any atom is -0.475 e. The Morgan fingerprint density at radius 2 is 2.31 bits per heavy atom. The summed E-state index contributed by atoms with van der Waals surface area (Å²) in [6, 6.07) is 5.14. The summed E-state index contributed by atoms with van der Waals surface area (Å²) in [6.07, 6.45) is 0. The van der Waals surface area contributed by atoms with Crippen LogP contribution in [0.2, 0.25) is 5.02 Å². The van der Waals surface area contributed by atoms with Crippen molar-refractivity contribution in [2.24, 2.45) is 0 Å². The van der Waals surface area contributed by atoms with Gasteiger partial charge in [-0.15, -0.1) is 0 Å². The predicted octanol–water partition coefficient (Wildman–Crippen LogP) is 2.93. The Kier molecular flexibility index (Phi) is 2.85. The molecule has 1 aromatic carbocycles. The average Bonchev–Trinajstić information content (AvgIpc) is 2.60. The predicted molar refractivity (Wildman–Crippen MR) is 58.9 cm³/mol. The van der Waals surface area contributed by atoms with Gasteiger partial charge in [-0.1, -0.05) is 23.7 Å². The summed E-state index contributed by atoms with van der Waals surface area (Å²) in [4.78, 5) is 11.0. The van der Waals surface area contributed by atoms with E-state index in [0.29, 0.717) is 21.6 Å². The fourth-order valence-electron chi connectivity index (χ4n) is 1.60. The molecule has 0 bridgehead atoms. The van der Waals surface area contributed by atoms with Crippen molar-refractivity contribution in [3.63, 3.8) is 0 Å². The smallest absolute Gasteiger partial charge is 0.372 e. The highest BCUT2D eigenvalue weighted by Gasteiger charge is 2.20. The van der Waals surface area contributed by atoms with Crippen LogP contribution in [0.5, 0.6) is 0 Å². The van der Waals surface area contributed by atoms with E-state index in [-0.39, 0.29) is 12.4 Å². The number of carbonyl (C=O) groups is 1. The summed E-state index contributed by atoms with van der Waals surface area (Å²) in [7, 11) is 1.50. The third-order valence-electron chi connectivity index (χ3n) is 2.25. The number of carboxylic acid groups (broad SMARTS) is 1. The van der Waals surface area contributed by atoms with Crippen LogP contribution >= 0.6 is 11.6 Å². The van der Waals surface area contributed by atoms with E-state index in [1.54, 1.807) is 18.2 Å². The standard InChI is InChI=1S/C11H9ClO4/c1-15-5-7-6-3-2-4-8(12)9(6)16-10(7)11(13)14/h2-4H,5H2,1H3,(H,13,14). The lowest BCUT2D eigenvalue weighted by atomic mass is 10.1. The molecule has 0 unspecified atom stereocenters. The molecular formula is C11H9ClO4. The lowest BCUT2D eigenvalue weighted by Crippen LogP contribution is -1.99. The summed E-state index contributed by atoms with van der Waals surface area (Å²) in [5, 5.41) is 10.1. The molecule has 1 heterocycles. The largest absolute Gasteiger partial charge is 0.475 e. The van der Waals surface area contributed by atoms with Crippen molar-refractivity contribution in [3.05, 3.63) is 34.5 Å². The van der Waals surface area contributed by atoms with Gasteiger partial charge < -0.3 is 14.3 Å². The van der Waals surface area contributed by atoms with E-state index < -0.39 is 5.97 Å². The van der Waals surface area contributed by atoms with Crippen LogP contribution in [0.25, 0.3) is 11.0 Å². The van der Waals surface area contributed by atoms with Gasteiger partial charge in [0, 0.05) is 18.1 Å². The van der Waals surface area contributed by atoms with Gasteiger partial charge in [-0.25, -0.2) is 4.79 Å². The lowest BCUT2D eigenvalue weighted by Gasteiger charge is -1.97. The number of furan rings is 1. The van der Waals surface area contributed by atoms with E-state index in [1.165, 1.54) is 7.11 Å². The van der Waals surface area contributed by atoms with Crippen molar-refractivity contribution in [1.29, 1.82) is 0 Å². The van der Waals surface area contributed by atoms with Gasteiger partial charge in [-0.2, -0.15) is 0 Å². The van der Waals surface area contributed by atoms with E-state index in [4.69, 9.17) is 25.9 Å². The fourth-order valence-corrected chi connectivity index (χ4v) is 1.81. The molecule has 84 valence electrons. The molecule has 0 aliphatic heterocycles. The highest BCUT2D eigenvalue weighted by Crippen LogP contribution is 2.31. The van der Waals surface area contributed by atoms with Gasteiger partial charge in [-0.3, -0.25) is 0 Å². The summed E-state index contributed by atoms with van der Waals surface area (Å²) < 4.78 is 10.2. The molecule has 2 rings (SSSR count). The number of carboxylic acids is 1. The molecule has 1 aromatic heterocycles. The number of halogens is 1. The molecule has 5 heteroatoms. The Morgan fingerprint density at radius 1 is 1.56 bits per heavy atom. The summed E-state index contributed by atoms with van der Waals surface area (Å²) >= 11 is 5.92. The number of rotatable bonds is 3. The number of aromatic carboxylic acids is 1. The summed E-state index contributed by atoms with van der Waals surface area (Å²) in [5.74, 6) is -1.25. The van der Waals surface area contributed by atoms with Crippen molar-refractivity contribution in [3.8, 4) is 0 Å². The highest BCUT2D eigenvalue weighted by molar-refractivity contribution is 6.35. The molecule has 2 aromatic rings. The second-order valence-corrected chi connectivity index (χ2v) is 3.67. The molecule has 0 aliphatic rings. The van der Waals surface area contributed by atoms with Crippen LogP contribution in [0.1, 0.15) is 16.1 Å². The van der Waals surface area contributed by atoms with Crippen LogP contribution in [-0.2, 0) is 11.3 Å². The van der Waals surface area contributed by atoms with Crippen molar-refractivity contribution in [1.82, 2.24) is 0 Å². The molecule has 4 nitrogen and oxygen atoms in total. The van der Waals surface area contributed by atoms with Gasteiger partial charge in [0.1, 0.15) is 0 Å². The number of para-hydroxylation sites is 1. The number of hydrogen-bond donors (Lipinski definition) is 1. The van der Waals surface area contributed by atoms with Gasteiger partial charge in [0.15, 0.2) is 5.58 Å². The van der Waals surface area contributed by atoms with Gasteiger partial charge in [-0.05, 0) is 6.07 Å². The van der Waals surface area contributed by atoms with E-state index in [2.05, 4.69) is 0 Å². The Labute approximate surface area is 96.4 Å². The molecule has 0 amide bonds. The minimum absolute atomic E-state index is 0.120. The first-order valence-electron chi connectivity index (χ1n) is 4.57. The molecule has 1 N–H and O–H groups in total. The first kappa shape index (κ1) is 11.0. The third kappa shape index (κ3) is 1.66. The number of ether oxygens (including phenoxy) is 1. The average molecular weight is 241 g/mol. The number of benzene rings is 1. The number of methoxy groups -OCH3 is 1. The molecule has 0 spiro atoms. The molecule has 0 saturated heterocycles. The fraction of sp³-hybridized carbons (Fsp3) is 0.182. The lowest BCUT2D eigenvalue weighted by molar-refractivity contribution is 0.0658. The van der Waals surface area contributed by atoms with Crippen molar-refractivity contribution in [2.75, 3.05) is 7.11 Å². The van der Waals surface area contributed by atoms with E-state index >= 15 is 0 Å². The second-order valence-electron chi connectivity index (χ2n) is 3.26. The van der Waals surface area contributed by atoms with Crippen LogP contribution in [0.3, 0.4) is 0 Å². The maximum atomic E-state index is 11.0. The highest BCUT2D eigenvalue weighted by atomic mass is 35.5. The van der Waals surface area contributed by atoms with Gasteiger partial charge >= 0.3 is 5.97 Å². The Hall–Kier alpha value is -1.52. The van der Waals surface area contributed by atoms with Crippen molar-refractivity contribution < 1.29 is 19.1 Å². The molecule has 0 atom stereocenters. The molecule has 0 radical (unpaired) electrons. The quantitative estimate of drug-likeness (QED) is 0.896. The molecule has 0 saturated carbocycles. The zero-order valence-corrected chi connectivity index (χ0v) is 9.25. The topological polar surface area (TPSA) is 59.7 Å². The van der Waals surface area contributed by atoms with E-state index in [0.717, 1.165) is 0 Å². The summed E-state index contributed by atoms with van der Waals surface area (Å²) in [5.41, 5.74) is 0.890. The van der Waals surface area contributed by atoms with Crippen LogP contribution < -0.4 is 0 Å². The summed E-state index contributed by atoms with van der Waals surface area (Å²) in [6.45, 7) is 0.176. The van der Waals surface area contributed by atoms with Gasteiger partial charge in [0.05, 0.1) is 11.6 Å². The number of fused-ring (bicyclic) bond motifs is 1. The molecule has 0 fully saturated rings. The van der Waals surface area contributed by atoms with Crippen LogP contribution in [0.4, 0.5) is 0 Å². The monoisotopic (exact) mass is 240 g/mol. The first-order chi connectivity index (χ1) is 7.65. The third-order valence-corrected chi connectivity index (χ3v) is 2.55. The first-order valence-corrected chi connectivity index (χ1v) is 4.95. The van der Waals surface area contributed by atoms with Crippen molar-refractivity contribution >= 4 is 28.5 Å². The SMILES string of the molecule is COCc1c(C(=O)O)oc2c(Cl)cccc12. The normalized spacial score (nSPS) is 10.9. The Balaban J connectivity index is 2.75. The number of hydrogen-bond acceptors (Lipinski definition) is 3. The Bertz CT molecular complexity index is 544. The zero-order valence-electron chi connectivity index (χ0n) is 8.49.